The van der Waals surface area contributed by atoms with Crippen LogP contribution in [-0.2, 0) is 13.0 Å². The Labute approximate surface area is 139 Å². The van der Waals surface area contributed by atoms with E-state index < -0.39 is 0 Å². The maximum Gasteiger partial charge on any atom is 0.160 e. The van der Waals surface area contributed by atoms with Crippen molar-refractivity contribution in [3.05, 3.63) is 24.2 Å². The predicted molar refractivity (Wildman–Crippen MR) is 94.6 cm³/mol. The molecule has 0 N–H and O–H groups in total. The summed E-state index contributed by atoms with van der Waals surface area (Å²) in [6.07, 6.45) is 5.58. The Balaban J connectivity index is 1.82. The molecule has 5 nitrogen and oxygen atoms in total. The molecule has 0 bridgehead atoms. The number of nitrogens with zero attached hydrogens (tertiary/aromatic N) is 5. The summed E-state index contributed by atoms with van der Waals surface area (Å²) in [4.78, 5) is 14.3. The van der Waals surface area contributed by atoms with E-state index in [1.54, 1.807) is 0 Å². The topological polar surface area (TPSA) is 37.2 Å². The quantitative estimate of drug-likeness (QED) is 0.819. The summed E-state index contributed by atoms with van der Waals surface area (Å²) in [7, 11) is 4.24. The van der Waals surface area contributed by atoms with Crippen molar-refractivity contribution < 1.29 is 0 Å². The third-order valence-electron chi connectivity index (χ3n) is 4.88. The van der Waals surface area contributed by atoms with Crippen molar-refractivity contribution in [1.29, 1.82) is 0 Å². The highest BCUT2D eigenvalue weighted by molar-refractivity contribution is 5.71. The van der Waals surface area contributed by atoms with Gasteiger partial charge in [0.05, 0.1) is 0 Å². The van der Waals surface area contributed by atoms with E-state index in [0.29, 0.717) is 0 Å². The fourth-order valence-corrected chi connectivity index (χ4v) is 3.56. The molecule has 1 fully saturated rings. The Hall–Kier alpha value is -1.46. The summed E-state index contributed by atoms with van der Waals surface area (Å²) >= 11 is 0. The lowest BCUT2D eigenvalue weighted by molar-refractivity contribution is 0.180. The van der Waals surface area contributed by atoms with Gasteiger partial charge >= 0.3 is 0 Å². The third kappa shape index (κ3) is 3.90. The maximum atomic E-state index is 4.90. The van der Waals surface area contributed by atoms with Gasteiger partial charge in [-0.3, -0.25) is 0 Å². The second-order valence-electron chi connectivity index (χ2n) is 6.93. The summed E-state index contributed by atoms with van der Waals surface area (Å²) < 4.78 is 2.33. The lowest BCUT2D eigenvalue weighted by atomic mass is 9.94. The number of aromatic nitrogens is 3. The van der Waals surface area contributed by atoms with Gasteiger partial charge in [-0.15, -0.1) is 0 Å². The normalized spacial score (nSPS) is 19.7. The maximum absolute atomic E-state index is 4.90. The van der Waals surface area contributed by atoms with Gasteiger partial charge in [-0.25, -0.2) is 9.97 Å². The zero-order valence-electron chi connectivity index (χ0n) is 14.7. The van der Waals surface area contributed by atoms with E-state index in [0.717, 1.165) is 43.1 Å². The van der Waals surface area contributed by atoms with Gasteiger partial charge in [0.1, 0.15) is 11.3 Å². The molecule has 2 aromatic rings. The molecule has 0 amide bonds. The van der Waals surface area contributed by atoms with Crippen LogP contribution in [0.4, 0.5) is 0 Å². The molecule has 2 aromatic heterocycles. The van der Waals surface area contributed by atoms with Gasteiger partial charge in [0.15, 0.2) is 5.65 Å². The lowest BCUT2D eigenvalue weighted by Gasteiger charge is -2.31. The van der Waals surface area contributed by atoms with Gasteiger partial charge in [0.25, 0.3) is 0 Å². The number of rotatable bonds is 6. The van der Waals surface area contributed by atoms with E-state index in [-0.39, 0.29) is 0 Å². The van der Waals surface area contributed by atoms with Crippen LogP contribution in [-0.4, -0.2) is 64.6 Å². The molecule has 1 unspecified atom stereocenters. The Kier molecular flexibility index (Phi) is 5.28. The van der Waals surface area contributed by atoms with Crippen molar-refractivity contribution in [2.24, 2.45) is 5.92 Å². The van der Waals surface area contributed by atoms with Crippen LogP contribution in [0.25, 0.3) is 11.2 Å². The predicted octanol–water partition coefficient (Wildman–Crippen LogP) is 2.27. The summed E-state index contributed by atoms with van der Waals surface area (Å²) in [6, 6.07) is 4.06. The summed E-state index contributed by atoms with van der Waals surface area (Å²) in [6.45, 7) is 7.86. The molecule has 0 radical (unpaired) electrons. The first-order valence-electron chi connectivity index (χ1n) is 8.84. The molecule has 1 atom stereocenters. The molecule has 3 heterocycles. The Morgan fingerprint density at radius 2 is 2.22 bits per heavy atom. The molecule has 126 valence electrons. The molecule has 0 spiro atoms. The third-order valence-corrected chi connectivity index (χ3v) is 4.88. The Morgan fingerprint density at radius 1 is 1.35 bits per heavy atom. The fourth-order valence-electron chi connectivity index (χ4n) is 3.56. The summed E-state index contributed by atoms with van der Waals surface area (Å²) in [5, 5.41) is 0. The Morgan fingerprint density at radius 3 is 3.00 bits per heavy atom. The molecule has 5 heteroatoms. The van der Waals surface area contributed by atoms with E-state index in [1.165, 1.54) is 31.8 Å². The number of imidazole rings is 1. The number of fused-ring (bicyclic) bond motifs is 1. The molecule has 23 heavy (non-hydrogen) atoms. The average molecular weight is 315 g/mol. The number of pyridine rings is 1. The fraction of sp³-hybridized carbons (Fsp3) is 0.667. The van der Waals surface area contributed by atoms with Gasteiger partial charge in [0, 0.05) is 32.3 Å². The first-order valence-corrected chi connectivity index (χ1v) is 8.84. The number of likely N-dealkylation sites (N-methyl/N-ethyl adjacent to an activating group) is 1. The molecule has 1 saturated heterocycles. The van der Waals surface area contributed by atoms with Crippen molar-refractivity contribution in [2.75, 3.05) is 40.3 Å². The van der Waals surface area contributed by atoms with E-state index >= 15 is 0 Å². The molecule has 3 rings (SSSR count). The second kappa shape index (κ2) is 7.41. The van der Waals surface area contributed by atoms with Crippen LogP contribution in [0.1, 0.15) is 25.6 Å². The second-order valence-corrected chi connectivity index (χ2v) is 6.93. The number of piperidine rings is 1. The van der Waals surface area contributed by atoms with Crippen molar-refractivity contribution in [2.45, 2.75) is 32.7 Å². The van der Waals surface area contributed by atoms with Crippen LogP contribution in [0, 0.1) is 5.92 Å². The highest BCUT2D eigenvalue weighted by Gasteiger charge is 2.22. The van der Waals surface area contributed by atoms with Crippen molar-refractivity contribution in [3.8, 4) is 0 Å². The monoisotopic (exact) mass is 315 g/mol. The van der Waals surface area contributed by atoms with Crippen LogP contribution in [0.15, 0.2) is 18.3 Å². The van der Waals surface area contributed by atoms with Gasteiger partial charge in [-0.05, 0) is 58.1 Å². The molecule has 0 aromatic carbocycles. The largest absolute Gasteiger partial charge is 0.311 e. The summed E-state index contributed by atoms with van der Waals surface area (Å²) in [5.41, 5.74) is 2.07. The number of hydrogen-bond donors (Lipinski definition) is 0. The SMILES string of the molecule is CCN1CCCC(Cc2nc3cccnc3n2CCN(C)C)C1. The van der Waals surface area contributed by atoms with Crippen molar-refractivity contribution in [3.63, 3.8) is 0 Å². The highest BCUT2D eigenvalue weighted by Crippen LogP contribution is 2.22. The van der Waals surface area contributed by atoms with Crippen LogP contribution in [0.2, 0.25) is 0 Å². The van der Waals surface area contributed by atoms with Crippen molar-refractivity contribution in [1.82, 2.24) is 24.3 Å². The van der Waals surface area contributed by atoms with Gasteiger partial charge < -0.3 is 14.4 Å². The molecule has 0 aliphatic carbocycles. The standard InChI is InChI=1S/C18H29N5/c1-4-22-10-6-7-15(14-22)13-17-20-16-8-5-9-19-18(16)23(17)12-11-21(2)3/h5,8-9,15H,4,6-7,10-14H2,1-3H3. The lowest BCUT2D eigenvalue weighted by Crippen LogP contribution is -2.36. The first-order chi connectivity index (χ1) is 11.2. The zero-order chi connectivity index (χ0) is 16.2. The van der Waals surface area contributed by atoms with Gasteiger partial charge in [0.2, 0.25) is 0 Å². The molecule has 0 saturated carbocycles. The molecule has 1 aliphatic heterocycles. The highest BCUT2D eigenvalue weighted by atomic mass is 15.2. The molecule has 1 aliphatic rings. The summed E-state index contributed by atoms with van der Waals surface area (Å²) in [5.74, 6) is 1.93. The van der Waals surface area contributed by atoms with E-state index in [4.69, 9.17) is 4.98 Å². The van der Waals surface area contributed by atoms with Crippen molar-refractivity contribution >= 4 is 11.2 Å². The van der Waals surface area contributed by atoms with E-state index in [1.807, 2.05) is 12.3 Å². The van der Waals surface area contributed by atoms with Gasteiger partial charge in [-0.1, -0.05) is 6.92 Å². The minimum absolute atomic E-state index is 0.721. The van der Waals surface area contributed by atoms with E-state index in [9.17, 15) is 0 Å². The van der Waals surface area contributed by atoms with Crippen LogP contribution in [0.3, 0.4) is 0 Å². The van der Waals surface area contributed by atoms with E-state index in [2.05, 4.69) is 46.4 Å². The smallest absolute Gasteiger partial charge is 0.160 e. The Bertz CT molecular complexity index is 633. The molecular weight excluding hydrogens is 286 g/mol. The minimum atomic E-state index is 0.721. The first kappa shape index (κ1) is 16.4. The average Bonchev–Trinajstić information content (AvgIpc) is 2.90. The zero-order valence-corrected chi connectivity index (χ0v) is 14.7. The van der Waals surface area contributed by atoms with Crippen LogP contribution in [0.5, 0.6) is 0 Å². The number of likely N-dealkylation sites (tertiary alicyclic amines) is 1. The van der Waals surface area contributed by atoms with Crippen LogP contribution >= 0.6 is 0 Å². The van der Waals surface area contributed by atoms with Gasteiger partial charge in [-0.2, -0.15) is 0 Å². The van der Waals surface area contributed by atoms with Crippen LogP contribution < -0.4 is 0 Å². The molecular formula is C18H29N5. The minimum Gasteiger partial charge on any atom is -0.311 e. The number of hydrogen-bond acceptors (Lipinski definition) is 4.